The summed E-state index contributed by atoms with van der Waals surface area (Å²) in [5.74, 6) is 0. The molecule has 2 heterocycles. The molecule has 0 unspecified atom stereocenters. The summed E-state index contributed by atoms with van der Waals surface area (Å²) in [4.78, 5) is 13.2. The van der Waals surface area contributed by atoms with Gasteiger partial charge in [0, 0.05) is 34.6 Å². The van der Waals surface area contributed by atoms with Crippen molar-refractivity contribution < 1.29 is 5.11 Å². The second kappa shape index (κ2) is 4.23. The van der Waals surface area contributed by atoms with Crippen molar-refractivity contribution in [3.63, 3.8) is 0 Å². The molecule has 1 atom stereocenters. The Balaban J connectivity index is 2.42. The van der Waals surface area contributed by atoms with Crippen LogP contribution in [0.25, 0.3) is 10.4 Å². The van der Waals surface area contributed by atoms with Crippen molar-refractivity contribution in [3.8, 4) is 10.4 Å². The zero-order chi connectivity index (χ0) is 11.7. The molecule has 2 aromatic rings. The smallest absolute Gasteiger partial charge is 0.250 e. The molecule has 16 heavy (non-hydrogen) atoms. The van der Waals surface area contributed by atoms with E-state index in [0.29, 0.717) is 0 Å². The van der Waals surface area contributed by atoms with Gasteiger partial charge in [0.1, 0.15) is 0 Å². The van der Waals surface area contributed by atoms with Crippen LogP contribution in [0.4, 0.5) is 0 Å². The van der Waals surface area contributed by atoms with Gasteiger partial charge in [0.2, 0.25) is 5.56 Å². The molecule has 0 aliphatic carbocycles. The third-order valence-electron chi connectivity index (χ3n) is 2.41. The summed E-state index contributed by atoms with van der Waals surface area (Å²) in [6.45, 7) is 1.75. The molecule has 2 aromatic heterocycles. The van der Waals surface area contributed by atoms with Gasteiger partial charge in [-0.05, 0) is 25.1 Å². The number of hydrogen-bond donors (Lipinski definition) is 1. The number of aryl methyl sites for hydroxylation is 1. The lowest BCUT2D eigenvalue weighted by Gasteiger charge is -2.01. The summed E-state index contributed by atoms with van der Waals surface area (Å²) in [5.41, 5.74) is 0.982. The first-order valence-electron chi connectivity index (χ1n) is 5.03. The first kappa shape index (κ1) is 11.1. The molecule has 84 valence electrons. The Labute approximate surface area is 97.6 Å². The minimum atomic E-state index is -0.439. The van der Waals surface area contributed by atoms with Gasteiger partial charge in [-0.3, -0.25) is 4.79 Å². The van der Waals surface area contributed by atoms with Crippen molar-refractivity contribution in [1.82, 2.24) is 4.57 Å². The molecule has 0 aromatic carbocycles. The number of pyridine rings is 1. The summed E-state index contributed by atoms with van der Waals surface area (Å²) < 4.78 is 1.55. The Hall–Kier alpha value is -1.39. The van der Waals surface area contributed by atoms with E-state index in [9.17, 15) is 9.90 Å². The third kappa shape index (κ3) is 2.08. The molecule has 2 rings (SSSR count). The fourth-order valence-corrected chi connectivity index (χ4v) is 2.41. The lowest BCUT2D eigenvalue weighted by Crippen LogP contribution is -2.13. The quantitative estimate of drug-likeness (QED) is 0.866. The first-order chi connectivity index (χ1) is 7.58. The minimum Gasteiger partial charge on any atom is -0.388 e. The monoisotopic (exact) mass is 235 g/mol. The van der Waals surface area contributed by atoms with Crippen LogP contribution in [0.1, 0.15) is 17.9 Å². The highest BCUT2D eigenvalue weighted by Gasteiger charge is 2.07. The Morgan fingerprint density at radius 2 is 2.06 bits per heavy atom. The number of thiophene rings is 1. The summed E-state index contributed by atoms with van der Waals surface area (Å²) in [6.07, 6.45) is 1.37. The standard InChI is InChI=1S/C12H13NO2S/c1-8(14)10-4-5-11(16-10)9-3-6-12(15)13(2)7-9/h3-8,14H,1-2H3/t8-/m0/s1. The molecule has 1 N–H and O–H groups in total. The van der Waals surface area contributed by atoms with Crippen molar-refractivity contribution in [2.45, 2.75) is 13.0 Å². The molecule has 0 amide bonds. The highest BCUT2D eigenvalue weighted by atomic mass is 32.1. The topological polar surface area (TPSA) is 42.2 Å². The van der Waals surface area contributed by atoms with Crippen molar-refractivity contribution in [1.29, 1.82) is 0 Å². The van der Waals surface area contributed by atoms with Gasteiger partial charge in [-0.1, -0.05) is 0 Å². The lowest BCUT2D eigenvalue weighted by molar-refractivity contribution is 0.203. The number of hydrogen-bond acceptors (Lipinski definition) is 3. The van der Waals surface area contributed by atoms with E-state index in [1.807, 2.05) is 12.1 Å². The van der Waals surface area contributed by atoms with Gasteiger partial charge >= 0.3 is 0 Å². The van der Waals surface area contributed by atoms with Gasteiger partial charge in [-0.25, -0.2) is 0 Å². The average Bonchev–Trinajstić information content (AvgIpc) is 2.71. The molecular weight excluding hydrogens is 222 g/mol. The van der Waals surface area contributed by atoms with Crippen molar-refractivity contribution in [2.75, 3.05) is 0 Å². The maximum Gasteiger partial charge on any atom is 0.250 e. The van der Waals surface area contributed by atoms with Gasteiger partial charge in [0.05, 0.1) is 6.10 Å². The number of aliphatic hydroxyl groups is 1. The third-order valence-corrected chi connectivity index (χ3v) is 3.71. The van der Waals surface area contributed by atoms with E-state index < -0.39 is 6.10 Å². The average molecular weight is 235 g/mol. The van der Waals surface area contributed by atoms with E-state index in [2.05, 4.69) is 0 Å². The molecule has 0 saturated carbocycles. The fraction of sp³-hybridized carbons (Fsp3) is 0.250. The van der Waals surface area contributed by atoms with Crippen LogP contribution in [-0.4, -0.2) is 9.67 Å². The zero-order valence-corrected chi connectivity index (χ0v) is 9.99. The van der Waals surface area contributed by atoms with E-state index in [1.165, 1.54) is 0 Å². The van der Waals surface area contributed by atoms with Gasteiger partial charge in [0.25, 0.3) is 0 Å². The molecule has 0 spiro atoms. The van der Waals surface area contributed by atoms with Crippen LogP contribution >= 0.6 is 11.3 Å². The number of aromatic nitrogens is 1. The summed E-state index contributed by atoms with van der Waals surface area (Å²) in [5, 5.41) is 9.44. The largest absolute Gasteiger partial charge is 0.388 e. The van der Waals surface area contributed by atoms with Crippen LogP contribution < -0.4 is 5.56 Å². The SMILES string of the molecule is C[C@H](O)c1ccc(-c2ccc(=O)n(C)c2)s1. The molecule has 3 nitrogen and oxygen atoms in total. The predicted molar refractivity (Wildman–Crippen MR) is 65.6 cm³/mol. The maximum atomic E-state index is 11.2. The molecule has 0 bridgehead atoms. The van der Waals surface area contributed by atoms with Crippen LogP contribution in [0.5, 0.6) is 0 Å². The van der Waals surface area contributed by atoms with Crippen LogP contribution in [-0.2, 0) is 7.05 Å². The molecule has 0 fully saturated rings. The Kier molecular flexibility index (Phi) is 2.94. The van der Waals surface area contributed by atoms with Crippen LogP contribution in [0.3, 0.4) is 0 Å². The number of aliphatic hydroxyl groups excluding tert-OH is 1. The van der Waals surface area contributed by atoms with Crippen LogP contribution in [0.15, 0.2) is 35.3 Å². The second-order valence-corrected chi connectivity index (χ2v) is 4.86. The Morgan fingerprint density at radius 3 is 2.62 bits per heavy atom. The lowest BCUT2D eigenvalue weighted by atomic mass is 10.2. The Bertz CT molecular complexity index is 554. The highest BCUT2D eigenvalue weighted by Crippen LogP contribution is 2.30. The van der Waals surface area contributed by atoms with Crippen molar-refractivity contribution in [2.24, 2.45) is 7.05 Å². The summed E-state index contributed by atoms with van der Waals surface area (Å²) in [6, 6.07) is 7.24. The van der Waals surface area contributed by atoms with E-state index in [-0.39, 0.29) is 5.56 Å². The van der Waals surface area contributed by atoms with E-state index in [1.54, 1.807) is 48.2 Å². The van der Waals surface area contributed by atoms with Crippen LogP contribution in [0, 0.1) is 0 Å². The van der Waals surface area contributed by atoms with Gasteiger partial charge < -0.3 is 9.67 Å². The molecule has 0 radical (unpaired) electrons. The van der Waals surface area contributed by atoms with Gasteiger partial charge in [-0.15, -0.1) is 11.3 Å². The van der Waals surface area contributed by atoms with Gasteiger partial charge in [0.15, 0.2) is 0 Å². The molecule has 0 saturated heterocycles. The van der Waals surface area contributed by atoms with E-state index >= 15 is 0 Å². The minimum absolute atomic E-state index is 0.0175. The first-order valence-corrected chi connectivity index (χ1v) is 5.84. The van der Waals surface area contributed by atoms with Gasteiger partial charge in [-0.2, -0.15) is 0 Å². The zero-order valence-electron chi connectivity index (χ0n) is 9.18. The molecular formula is C12H13NO2S. The fourth-order valence-electron chi connectivity index (χ4n) is 1.47. The molecule has 0 aliphatic heterocycles. The maximum absolute atomic E-state index is 11.2. The Morgan fingerprint density at radius 1 is 1.31 bits per heavy atom. The number of rotatable bonds is 2. The predicted octanol–water partition coefficient (Wildman–Crippen LogP) is 2.17. The summed E-state index contributed by atoms with van der Waals surface area (Å²) in [7, 11) is 1.73. The van der Waals surface area contributed by atoms with E-state index in [0.717, 1.165) is 15.3 Å². The van der Waals surface area contributed by atoms with Crippen molar-refractivity contribution >= 4 is 11.3 Å². The van der Waals surface area contributed by atoms with Crippen LogP contribution in [0.2, 0.25) is 0 Å². The second-order valence-electron chi connectivity index (χ2n) is 3.74. The summed E-state index contributed by atoms with van der Waals surface area (Å²) >= 11 is 1.54. The molecule has 4 heteroatoms. The van der Waals surface area contributed by atoms with E-state index in [4.69, 9.17) is 0 Å². The number of nitrogens with zero attached hydrogens (tertiary/aromatic N) is 1. The molecule has 0 aliphatic rings. The van der Waals surface area contributed by atoms with Crippen molar-refractivity contribution in [3.05, 3.63) is 45.7 Å². The highest BCUT2D eigenvalue weighted by molar-refractivity contribution is 7.15. The normalized spacial score (nSPS) is 12.7.